The van der Waals surface area contributed by atoms with Gasteiger partial charge < -0.3 is 0 Å². The third-order valence-electron chi connectivity index (χ3n) is 4.83. The van der Waals surface area contributed by atoms with Crippen molar-refractivity contribution >= 4 is 29.4 Å². The Morgan fingerprint density at radius 2 is 1.80 bits per heavy atom. The van der Waals surface area contributed by atoms with Crippen molar-refractivity contribution < 1.29 is 18.9 Å². The van der Waals surface area contributed by atoms with Crippen LogP contribution in [0.2, 0.25) is 0 Å². The van der Waals surface area contributed by atoms with Crippen molar-refractivity contribution in [2.45, 2.75) is 59.4 Å². The molecule has 2 atom stereocenters. The maximum absolute atomic E-state index is 12.8. The van der Waals surface area contributed by atoms with Crippen LogP contribution in [0.15, 0.2) is 0 Å². The average Bonchev–Trinajstić information content (AvgIpc) is 2.45. The zero-order valence-corrected chi connectivity index (χ0v) is 13.8. The Bertz CT molecular complexity index is 419. The molecule has 0 aliphatic carbocycles. The van der Waals surface area contributed by atoms with Crippen LogP contribution in [-0.2, 0) is 14.4 Å². The Labute approximate surface area is 126 Å². The predicted octanol–water partition coefficient (Wildman–Crippen LogP) is 2.36. The molecule has 0 bridgehead atoms. The zero-order valence-electron chi connectivity index (χ0n) is 12.9. The molecule has 1 heterocycles. The molecule has 5 heteroatoms. The molecule has 1 rings (SSSR count). The van der Waals surface area contributed by atoms with Gasteiger partial charge >= 0.3 is 5.91 Å². The van der Waals surface area contributed by atoms with E-state index in [0.29, 0.717) is 25.9 Å². The summed E-state index contributed by atoms with van der Waals surface area (Å²) in [5.74, 6) is -0.769. The van der Waals surface area contributed by atoms with E-state index in [-0.39, 0.29) is 15.4 Å². The fourth-order valence-electron chi connectivity index (χ4n) is 2.89. The first-order valence-electron chi connectivity index (χ1n) is 7.41. The Balaban J connectivity index is 3.18. The minimum atomic E-state index is -0.668. The molecule has 114 valence electrons. The number of carbonyl (C=O) groups excluding carboxylic acids is 3. The lowest BCUT2D eigenvalue weighted by atomic mass is 9.83. The summed E-state index contributed by atoms with van der Waals surface area (Å²) in [5, 5.41) is -0.276. The number of carbonyl (C=O) groups is 3. The minimum absolute atomic E-state index is 0.0371. The third kappa shape index (κ3) is 2.98. The standard InChI is InChI=1S/C15H25NO3S/c1-5-15(3,4)12(17)13(18)16(6-2)10-8-7-9-11(16)14(19)20/h11H,5-10H2,1-4H3/p+1. The SMILES string of the molecule is CCC(C)(C)C(=O)C(=O)[N+]1(CC)CCCCC1C(=O)S. The quantitative estimate of drug-likeness (QED) is 0.482. The number of Topliss-reactive ketones (excluding diaryl/α,β-unsaturated/α-hetero) is 1. The van der Waals surface area contributed by atoms with Gasteiger partial charge in [-0.3, -0.25) is 9.59 Å². The van der Waals surface area contributed by atoms with Crippen LogP contribution in [0.5, 0.6) is 0 Å². The van der Waals surface area contributed by atoms with Crippen LogP contribution in [0, 0.1) is 5.41 Å². The zero-order chi connectivity index (χ0) is 15.6. The summed E-state index contributed by atoms with van der Waals surface area (Å²) >= 11 is 3.95. The number of likely N-dealkylation sites (tertiary alicyclic amines) is 1. The van der Waals surface area contributed by atoms with Gasteiger partial charge in [0, 0.05) is 11.8 Å². The molecule has 0 radical (unpaired) electrons. The minimum Gasteiger partial charge on any atom is -0.283 e. The summed E-state index contributed by atoms with van der Waals surface area (Å²) in [7, 11) is 0. The molecule has 0 saturated carbocycles. The van der Waals surface area contributed by atoms with Crippen molar-refractivity contribution in [3.8, 4) is 0 Å². The number of ketones is 1. The molecule has 2 unspecified atom stereocenters. The van der Waals surface area contributed by atoms with E-state index in [1.54, 1.807) is 13.8 Å². The molecule has 1 aliphatic heterocycles. The number of hydrogen-bond donors (Lipinski definition) is 1. The molecule has 0 spiro atoms. The highest BCUT2D eigenvalue weighted by molar-refractivity contribution is 7.96. The van der Waals surface area contributed by atoms with E-state index >= 15 is 0 Å². The lowest BCUT2D eigenvalue weighted by Crippen LogP contribution is -2.66. The van der Waals surface area contributed by atoms with Gasteiger partial charge in [-0.15, -0.1) is 0 Å². The smallest absolute Gasteiger partial charge is 0.283 e. The third-order valence-corrected chi connectivity index (χ3v) is 5.13. The second-order valence-electron chi connectivity index (χ2n) is 6.30. The lowest BCUT2D eigenvalue weighted by molar-refractivity contribution is -0.870. The second kappa shape index (κ2) is 6.39. The largest absolute Gasteiger partial charge is 0.382 e. The summed E-state index contributed by atoms with van der Waals surface area (Å²) in [6.45, 7) is 8.40. The number of quaternary nitrogens is 1. The number of amides is 1. The first kappa shape index (κ1) is 17.4. The first-order chi connectivity index (χ1) is 9.23. The number of piperidine rings is 1. The van der Waals surface area contributed by atoms with Crippen molar-refractivity contribution in [3.63, 3.8) is 0 Å². The van der Waals surface area contributed by atoms with Gasteiger partial charge in [-0.2, -0.15) is 0 Å². The topological polar surface area (TPSA) is 51.2 Å². The molecular formula is C15H26NO3S+. The molecule has 20 heavy (non-hydrogen) atoms. The summed E-state index contributed by atoms with van der Waals surface area (Å²) in [4.78, 5) is 37.1. The van der Waals surface area contributed by atoms with E-state index in [0.717, 1.165) is 12.8 Å². The number of nitrogens with zero attached hydrogens (tertiary/aromatic N) is 1. The predicted molar refractivity (Wildman–Crippen MR) is 81.4 cm³/mol. The normalized spacial score (nSPS) is 27.1. The van der Waals surface area contributed by atoms with E-state index < -0.39 is 17.4 Å². The van der Waals surface area contributed by atoms with Crippen LogP contribution in [0.3, 0.4) is 0 Å². The van der Waals surface area contributed by atoms with Crippen molar-refractivity contribution in [2.24, 2.45) is 5.41 Å². The van der Waals surface area contributed by atoms with Gasteiger partial charge in [-0.25, -0.2) is 9.28 Å². The van der Waals surface area contributed by atoms with Crippen LogP contribution >= 0.6 is 12.6 Å². The maximum Gasteiger partial charge on any atom is 0.382 e. The van der Waals surface area contributed by atoms with E-state index in [4.69, 9.17) is 0 Å². The van der Waals surface area contributed by atoms with Crippen molar-refractivity contribution in [2.75, 3.05) is 13.1 Å². The van der Waals surface area contributed by atoms with Gasteiger partial charge in [0.15, 0.2) is 6.04 Å². The molecule has 1 fully saturated rings. The summed E-state index contributed by atoms with van der Waals surface area (Å²) in [6.07, 6.45) is 3.04. The summed E-state index contributed by atoms with van der Waals surface area (Å²) in [5.41, 5.74) is -0.668. The molecule has 0 N–H and O–H groups in total. The van der Waals surface area contributed by atoms with Gasteiger partial charge in [0.2, 0.25) is 5.12 Å². The molecule has 1 saturated heterocycles. The lowest BCUT2D eigenvalue weighted by Gasteiger charge is -2.43. The van der Waals surface area contributed by atoms with Crippen LogP contribution in [0.4, 0.5) is 0 Å². The second-order valence-corrected chi connectivity index (χ2v) is 6.74. The molecular weight excluding hydrogens is 274 g/mol. The van der Waals surface area contributed by atoms with E-state index in [2.05, 4.69) is 12.6 Å². The Kier molecular flexibility index (Phi) is 5.55. The average molecular weight is 300 g/mol. The Hall–Kier alpha value is -0.680. The van der Waals surface area contributed by atoms with Crippen LogP contribution in [-0.4, -0.2) is 40.4 Å². The number of thiol groups is 1. The molecule has 0 aromatic carbocycles. The van der Waals surface area contributed by atoms with Crippen molar-refractivity contribution in [3.05, 3.63) is 0 Å². The summed E-state index contributed by atoms with van der Waals surface area (Å²) in [6, 6.07) is -0.471. The van der Waals surface area contributed by atoms with E-state index in [9.17, 15) is 14.4 Å². The fraction of sp³-hybridized carbons (Fsp3) is 0.800. The molecule has 0 aromatic rings. The molecule has 4 nitrogen and oxygen atoms in total. The highest BCUT2D eigenvalue weighted by Gasteiger charge is 2.52. The Morgan fingerprint density at radius 3 is 2.25 bits per heavy atom. The monoisotopic (exact) mass is 300 g/mol. The van der Waals surface area contributed by atoms with Gasteiger partial charge in [0.05, 0.1) is 13.1 Å². The van der Waals surface area contributed by atoms with Gasteiger partial charge in [-0.05, 0) is 26.2 Å². The maximum atomic E-state index is 12.8. The van der Waals surface area contributed by atoms with Gasteiger partial charge in [-0.1, -0.05) is 33.4 Å². The molecule has 1 amide bonds. The van der Waals surface area contributed by atoms with Crippen molar-refractivity contribution in [1.29, 1.82) is 0 Å². The summed E-state index contributed by atoms with van der Waals surface area (Å²) < 4.78 is -0.0371. The van der Waals surface area contributed by atoms with Crippen molar-refractivity contribution in [1.82, 2.24) is 0 Å². The molecule has 1 aliphatic rings. The fourth-order valence-corrected chi connectivity index (χ4v) is 3.24. The number of hydrogen-bond acceptors (Lipinski definition) is 3. The van der Waals surface area contributed by atoms with E-state index in [1.165, 1.54) is 0 Å². The highest BCUT2D eigenvalue weighted by atomic mass is 32.1. The van der Waals surface area contributed by atoms with Gasteiger partial charge in [0.1, 0.15) is 0 Å². The highest BCUT2D eigenvalue weighted by Crippen LogP contribution is 2.31. The first-order valence-corrected chi connectivity index (χ1v) is 7.86. The molecule has 0 aromatic heterocycles. The Morgan fingerprint density at radius 1 is 1.20 bits per heavy atom. The van der Waals surface area contributed by atoms with Crippen LogP contribution in [0.1, 0.15) is 53.4 Å². The number of rotatable bonds is 5. The van der Waals surface area contributed by atoms with Crippen LogP contribution in [0.25, 0.3) is 0 Å². The van der Waals surface area contributed by atoms with Gasteiger partial charge in [0.25, 0.3) is 5.78 Å². The number of likely N-dealkylation sites (N-methyl/N-ethyl adjacent to an activating group) is 1. The van der Waals surface area contributed by atoms with Crippen LogP contribution < -0.4 is 0 Å². The van der Waals surface area contributed by atoms with E-state index in [1.807, 2.05) is 13.8 Å².